The van der Waals surface area contributed by atoms with Gasteiger partial charge in [-0.3, -0.25) is 0 Å². The van der Waals surface area contributed by atoms with Gasteiger partial charge in [-0.25, -0.2) is 4.39 Å². The first kappa shape index (κ1) is 12.9. The van der Waals surface area contributed by atoms with Crippen LogP contribution in [-0.4, -0.2) is 6.04 Å². The molecule has 0 aromatic heterocycles. The zero-order valence-corrected chi connectivity index (χ0v) is 11.8. The maximum absolute atomic E-state index is 13.7. The summed E-state index contributed by atoms with van der Waals surface area (Å²) < 4.78 is 14.5. The Hall–Kier alpha value is -0.570. The highest BCUT2D eigenvalue weighted by atomic mass is 79.9. The molecule has 2 atom stereocenters. The van der Waals surface area contributed by atoms with E-state index < -0.39 is 0 Å². The molecule has 1 aliphatic rings. The second kappa shape index (κ2) is 5.85. The smallest absolute Gasteiger partial charge is 0.147 e. The van der Waals surface area contributed by atoms with Gasteiger partial charge in [-0.15, -0.1) is 0 Å². The fourth-order valence-electron chi connectivity index (χ4n) is 2.47. The Morgan fingerprint density at radius 3 is 2.82 bits per heavy atom. The van der Waals surface area contributed by atoms with E-state index in [-0.39, 0.29) is 5.82 Å². The number of hydrogen-bond donors (Lipinski definition) is 1. The Kier molecular flexibility index (Phi) is 4.43. The summed E-state index contributed by atoms with van der Waals surface area (Å²) >= 11 is 3.40. The maximum atomic E-state index is 13.7. The summed E-state index contributed by atoms with van der Waals surface area (Å²) in [5.41, 5.74) is 0.618. The number of anilines is 1. The molecule has 0 heterocycles. The van der Waals surface area contributed by atoms with Gasteiger partial charge in [0.05, 0.1) is 5.69 Å². The predicted molar refractivity (Wildman–Crippen MR) is 73.8 cm³/mol. The normalized spacial score (nSPS) is 25.4. The summed E-state index contributed by atoms with van der Waals surface area (Å²) in [6.45, 7) is 2.31. The first-order valence-electron chi connectivity index (χ1n) is 6.37. The lowest BCUT2D eigenvalue weighted by Gasteiger charge is -2.19. The molecule has 0 radical (unpaired) electrons. The molecule has 1 aliphatic carbocycles. The summed E-state index contributed by atoms with van der Waals surface area (Å²) in [4.78, 5) is 0. The summed E-state index contributed by atoms with van der Waals surface area (Å²) in [6.07, 6.45) is 6.07. The van der Waals surface area contributed by atoms with E-state index in [2.05, 4.69) is 28.2 Å². The minimum Gasteiger partial charge on any atom is -0.379 e. The molecule has 3 heteroatoms. The zero-order valence-electron chi connectivity index (χ0n) is 10.2. The van der Waals surface area contributed by atoms with Gasteiger partial charge >= 0.3 is 0 Å². The van der Waals surface area contributed by atoms with Gasteiger partial charge in [0.15, 0.2) is 0 Å². The summed E-state index contributed by atoms with van der Waals surface area (Å²) in [5.74, 6) is 0.641. The molecule has 2 unspecified atom stereocenters. The molecule has 1 aromatic carbocycles. The highest BCUT2D eigenvalue weighted by molar-refractivity contribution is 9.10. The monoisotopic (exact) mass is 299 g/mol. The second-order valence-electron chi connectivity index (χ2n) is 5.05. The minimum absolute atomic E-state index is 0.170. The van der Waals surface area contributed by atoms with Gasteiger partial charge in [-0.05, 0) is 53.2 Å². The number of halogens is 2. The SMILES string of the molecule is CC1CCCC(Nc2c(F)cccc2Br)CC1. The van der Waals surface area contributed by atoms with Gasteiger partial charge in [0.2, 0.25) is 0 Å². The van der Waals surface area contributed by atoms with Crippen LogP contribution >= 0.6 is 15.9 Å². The van der Waals surface area contributed by atoms with Crippen molar-refractivity contribution in [3.05, 3.63) is 28.5 Å². The second-order valence-corrected chi connectivity index (χ2v) is 5.91. The third-order valence-electron chi connectivity index (χ3n) is 3.57. The predicted octanol–water partition coefficient (Wildman–Crippen LogP) is 4.97. The van der Waals surface area contributed by atoms with Crippen LogP contribution in [0.15, 0.2) is 22.7 Å². The topological polar surface area (TPSA) is 12.0 Å². The van der Waals surface area contributed by atoms with Gasteiger partial charge < -0.3 is 5.32 Å². The largest absolute Gasteiger partial charge is 0.379 e. The highest BCUT2D eigenvalue weighted by Gasteiger charge is 2.18. The van der Waals surface area contributed by atoms with Crippen LogP contribution in [0.1, 0.15) is 39.0 Å². The maximum Gasteiger partial charge on any atom is 0.147 e. The van der Waals surface area contributed by atoms with E-state index in [1.807, 2.05) is 6.07 Å². The van der Waals surface area contributed by atoms with Gasteiger partial charge in [0, 0.05) is 10.5 Å². The van der Waals surface area contributed by atoms with E-state index in [0.717, 1.165) is 23.2 Å². The van der Waals surface area contributed by atoms with E-state index in [1.54, 1.807) is 6.07 Å². The number of nitrogens with one attached hydrogen (secondary N) is 1. The molecule has 1 nitrogen and oxygen atoms in total. The summed E-state index contributed by atoms with van der Waals surface area (Å²) in [7, 11) is 0. The first-order valence-corrected chi connectivity index (χ1v) is 7.16. The molecule has 0 bridgehead atoms. The number of rotatable bonds is 2. The van der Waals surface area contributed by atoms with Gasteiger partial charge in [-0.2, -0.15) is 0 Å². The third kappa shape index (κ3) is 3.44. The molecule has 0 aliphatic heterocycles. The van der Waals surface area contributed by atoms with E-state index in [1.165, 1.54) is 25.3 Å². The Morgan fingerprint density at radius 2 is 2.06 bits per heavy atom. The lowest BCUT2D eigenvalue weighted by molar-refractivity contribution is 0.501. The van der Waals surface area contributed by atoms with Crippen LogP contribution in [-0.2, 0) is 0 Å². The summed E-state index contributed by atoms with van der Waals surface area (Å²) in [5, 5.41) is 3.36. The average Bonchev–Trinajstić information content (AvgIpc) is 2.49. The van der Waals surface area contributed by atoms with E-state index in [0.29, 0.717) is 11.7 Å². The van der Waals surface area contributed by atoms with E-state index in [9.17, 15) is 4.39 Å². The van der Waals surface area contributed by atoms with Crippen molar-refractivity contribution in [2.24, 2.45) is 5.92 Å². The minimum atomic E-state index is -0.170. The molecule has 1 fully saturated rings. The van der Waals surface area contributed by atoms with Crippen molar-refractivity contribution in [2.45, 2.75) is 45.1 Å². The van der Waals surface area contributed by atoms with Crippen molar-refractivity contribution in [2.75, 3.05) is 5.32 Å². The van der Waals surface area contributed by atoms with Crippen LogP contribution in [0.25, 0.3) is 0 Å². The Morgan fingerprint density at radius 1 is 1.24 bits per heavy atom. The van der Waals surface area contributed by atoms with Crippen molar-refractivity contribution >= 4 is 21.6 Å². The lowest BCUT2D eigenvalue weighted by Crippen LogP contribution is -2.19. The van der Waals surface area contributed by atoms with Crippen LogP contribution in [0.3, 0.4) is 0 Å². The Labute approximate surface area is 111 Å². The van der Waals surface area contributed by atoms with Gasteiger partial charge in [0.25, 0.3) is 0 Å². The molecule has 2 rings (SSSR count). The molecule has 1 saturated carbocycles. The Bertz CT molecular complexity index is 360. The van der Waals surface area contributed by atoms with Crippen LogP contribution in [0, 0.1) is 11.7 Å². The fourth-order valence-corrected chi connectivity index (χ4v) is 2.93. The third-order valence-corrected chi connectivity index (χ3v) is 4.23. The van der Waals surface area contributed by atoms with Crippen molar-refractivity contribution in [3.8, 4) is 0 Å². The van der Waals surface area contributed by atoms with Crippen LogP contribution in [0.4, 0.5) is 10.1 Å². The quantitative estimate of drug-likeness (QED) is 0.760. The van der Waals surface area contributed by atoms with Gasteiger partial charge in [-0.1, -0.05) is 25.8 Å². The molecule has 0 saturated heterocycles. The molecule has 0 spiro atoms. The van der Waals surface area contributed by atoms with Crippen molar-refractivity contribution in [1.29, 1.82) is 0 Å². The van der Waals surface area contributed by atoms with Crippen LogP contribution < -0.4 is 5.32 Å². The lowest BCUT2D eigenvalue weighted by atomic mass is 10.0. The number of hydrogen-bond acceptors (Lipinski definition) is 1. The molecule has 17 heavy (non-hydrogen) atoms. The number of para-hydroxylation sites is 1. The molecular weight excluding hydrogens is 281 g/mol. The van der Waals surface area contributed by atoms with Crippen molar-refractivity contribution in [1.82, 2.24) is 0 Å². The van der Waals surface area contributed by atoms with Crippen molar-refractivity contribution in [3.63, 3.8) is 0 Å². The zero-order chi connectivity index (χ0) is 12.3. The summed E-state index contributed by atoms with van der Waals surface area (Å²) in [6, 6.07) is 5.52. The molecular formula is C14H19BrFN. The molecule has 94 valence electrons. The van der Waals surface area contributed by atoms with E-state index in [4.69, 9.17) is 0 Å². The van der Waals surface area contributed by atoms with Crippen LogP contribution in [0.5, 0.6) is 0 Å². The molecule has 1 aromatic rings. The standard InChI is InChI=1S/C14H19BrFN/c1-10-4-2-5-11(9-8-10)17-14-12(15)6-3-7-13(14)16/h3,6-7,10-11,17H,2,4-5,8-9H2,1H3. The number of benzene rings is 1. The molecule has 0 amide bonds. The molecule has 1 N–H and O–H groups in total. The highest BCUT2D eigenvalue weighted by Crippen LogP contribution is 2.30. The Balaban J connectivity index is 2.05. The first-order chi connectivity index (χ1) is 8.16. The van der Waals surface area contributed by atoms with Crippen LogP contribution in [0.2, 0.25) is 0 Å². The fraction of sp³-hybridized carbons (Fsp3) is 0.571. The van der Waals surface area contributed by atoms with E-state index >= 15 is 0 Å². The van der Waals surface area contributed by atoms with Gasteiger partial charge in [0.1, 0.15) is 5.82 Å². The van der Waals surface area contributed by atoms with Crippen molar-refractivity contribution < 1.29 is 4.39 Å². The average molecular weight is 300 g/mol.